The Labute approximate surface area is 95.3 Å². The van der Waals surface area contributed by atoms with Crippen LogP contribution in [0.2, 0.25) is 5.02 Å². The molecular formula is C12H16ClNO. The van der Waals surface area contributed by atoms with E-state index in [0.29, 0.717) is 16.7 Å². The highest BCUT2D eigenvalue weighted by Gasteiger charge is 2.15. The van der Waals surface area contributed by atoms with Crippen LogP contribution in [0.25, 0.3) is 0 Å². The minimum absolute atomic E-state index is 0.373. The van der Waals surface area contributed by atoms with Gasteiger partial charge in [-0.05, 0) is 62.0 Å². The van der Waals surface area contributed by atoms with E-state index in [-0.39, 0.29) is 0 Å². The van der Waals surface area contributed by atoms with Crippen molar-refractivity contribution in [3.05, 3.63) is 28.8 Å². The van der Waals surface area contributed by atoms with Crippen LogP contribution in [-0.4, -0.2) is 18.2 Å². The van der Waals surface area contributed by atoms with Crippen molar-refractivity contribution < 1.29 is 5.11 Å². The molecule has 1 aromatic carbocycles. The van der Waals surface area contributed by atoms with Crippen LogP contribution in [0.4, 0.5) is 0 Å². The number of benzene rings is 1. The molecule has 2 rings (SSSR count). The Morgan fingerprint density at radius 2 is 2.07 bits per heavy atom. The van der Waals surface area contributed by atoms with Crippen molar-refractivity contribution in [2.24, 2.45) is 5.92 Å². The lowest BCUT2D eigenvalue weighted by Gasteiger charge is -2.22. The molecule has 1 aliphatic rings. The van der Waals surface area contributed by atoms with Crippen molar-refractivity contribution >= 4 is 11.6 Å². The van der Waals surface area contributed by atoms with Crippen molar-refractivity contribution in [3.8, 4) is 5.75 Å². The lowest BCUT2D eigenvalue weighted by atomic mass is 9.91. The number of piperidine rings is 1. The van der Waals surface area contributed by atoms with Crippen LogP contribution in [-0.2, 0) is 6.42 Å². The van der Waals surface area contributed by atoms with Crippen molar-refractivity contribution in [1.29, 1.82) is 0 Å². The van der Waals surface area contributed by atoms with E-state index in [1.807, 2.05) is 6.07 Å². The van der Waals surface area contributed by atoms with Crippen LogP contribution in [0.5, 0.6) is 5.75 Å². The van der Waals surface area contributed by atoms with Crippen LogP contribution < -0.4 is 5.32 Å². The predicted molar refractivity (Wildman–Crippen MR) is 62.4 cm³/mol. The third-order valence-corrected chi connectivity index (χ3v) is 3.24. The van der Waals surface area contributed by atoms with Gasteiger partial charge in [0.2, 0.25) is 0 Å². The van der Waals surface area contributed by atoms with Gasteiger partial charge in [0.1, 0.15) is 5.75 Å². The molecule has 2 N–H and O–H groups in total. The predicted octanol–water partition coefficient (Wildman–Crippen LogP) is 2.59. The number of phenols is 1. The Bertz CT molecular complexity index is 334. The lowest BCUT2D eigenvalue weighted by Crippen LogP contribution is -2.28. The summed E-state index contributed by atoms with van der Waals surface area (Å²) in [5, 5.41) is 13.7. The third-order valence-electron chi connectivity index (χ3n) is 3.01. The zero-order valence-corrected chi connectivity index (χ0v) is 9.43. The molecule has 0 atom stereocenters. The summed E-state index contributed by atoms with van der Waals surface area (Å²) in [6.07, 6.45) is 3.31. The van der Waals surface area contributed by atoms with Gasteiger partial charge in [-0.2, -0.15) is 0 Å². The zero-order chi connectivity index (χ0) is 10.7. The molecule has 2 nitrogen and oxygen atoms in total. The van der Waals surface area contributed by atoms with E-state index in [2.05, 4.69) is 5.32 Å². The first kappa shape index (κ1) is 10.8. The molecule has 1 aliphatic heterocycles. The molecule has 0 unspecified atom stereocenters. The highest BCUT2D eigenvalue weighted by atomic mass is 35.5. The van der Waals surface area contributed by atoms with E-state index in [9.17, 15) is 5.11 Å². The van der Waals surface area contributed by atoms with Gasteiger partial charge in [-0.3, -0.25) is 0 Å². The molecule has 1 saturated heterocycles. The Morgan fingerprint density at radius 3 is 2.80 bits per heavy atom. The van der Waals surface area contributed by atoms with Crippen LogP contribution >= 0.6 is 11.6 Å². The first-order valence-electron chi connectivity index (χ1n) is 5.44. The van der Waals surface area contributed by atoms with E-state index in [0.717, 1.165) is 25.1 Å². The topological polar surface area (TPSA) is 32.3 Å². The van der Waals surface area contributed by atoms with Crippen LogP contribution in [0.15, 0.2) is 18.2 Å². The maximum Gasteiger partial charge on any atom is 0.118 e. The largest absolute Gasteiger partial charge is 0.508 e. The Kier molecular flexibility index (Phi) is 3.49. The van der Waals surface area contributed by atoms with E-state index in [1.165, 1.54) is 12.8 Å². The number of hydrogen-bond donors (Lipinski definition) is 2. The fourth-order valence-electron chi connectivity index (χ4n) is 2.11. The van der Waals surface area contributed by atoms with Crippen LogP contribution in [0.3, 0.4) is 0 Å². The van der Waals surface area contributed by atoms with E-state index < -0.39 is 0 Å². The monoisotopic (exact) mass is 225 g/mol. The summed E-state index contributed by atoms with van der Waals surface area (Å²) in [7, 11) is 0. The van der Waals surface area contributed by atoms with Gasteiger partial charge in [-0.25, -0.2) is 0 Å². The highest BCUT2D eigenvalue weighted by Crippen LogP contribution is 2.26. The number of phenolic OH excluding ortho intramolecular Hbond substituents is 1. The quantitative estimate of drug-likeness (QED) is 0.811. The number of aromatic hydroxyl groups is 1. The minimum Gasteiger partial charge on any atom is -0.508 e. The molecule has 0 radical (unpaired) electrons. The smallest absolute Gasteiger partial charge is 0.118 e. The summed E-state index contributed by atoms with van der Waals surface area (Å²) in [4.78, 5) is 0. The number of hydrogen-bond acceptors (Lipinski definition) is 2. The van der Waals surface area contributed by atoms with Gasteiger partial charge in [0.15, 0.2) is 0 Å². The second-order valence-corrected chi connectivity index (χ2v) is 4.61. The lowest BCUT2D eigenvalue weighted by molar-refractivity contribution is 0.366. The Morgan fingerprint density at radius 1 is 1.33 bits per heavy atom. The fraction of sp³-hybridized carbons (Fsp3) is 0.500. The molecule has 3 heteroatoms. The summed E-state index contributed by atoms with van der Waals surface area (Å²) in [6, 6.07) is 5.28. The SMILES string of the molecule is Oc1ccc(Cl)cc1CC1CCNCC1. The maximum absolute atomic E-state index is 9.69. The fourth-order valence-corrected chi connectivity index (χ4v) is 2.31. The number of rotatable bonds is 2. The molecule has 0 bridgehead atoms. The normalized spacial score (nSPS) is 17.9. The van der Waals surface area contributed by atoms with Crippen molar-refractivity contribution in [3.63, 3.8) is 0 Å². The molecule has 1 heterocycles. The van der Waals surface area contributed by atoms with E-state index >= 15 is 0 Å². The van der Waals surface area contributed by atoms with Gasteiger partial charge in [-0.1, -0.05) is 11.6 Å². The summed E-state index contributed by atoms with van der Waals surface area (Å²) >= 11 is 5.91. The Hall–Kier alpha value is -0.730. The van der Waals surface area contributed by atoms with Gasteiger partial charge in [0, 0.05) is 5.02 Å². The summed E-state index contributed by atoms with van der Waals surface area (Å²) < 4.78 is 0. The van der Waals surface area contributed by atoms with Gasteiger partial charge >= 0.3 is 0 Å². The van der Waals surface area contributed by atoms with Gasteiger partial charge in [0.05, 0.1) is 0 Å². The first-order chi connectivity index (χ1) is 7.25. The second kappa shape index (κ2) is 4.86. The molecule has 0 saturated carbocycles. The average Bonchev–Trinajstić information content (AvgIpc) is 2.25. The molecule has 0 amide bonds. The molecule has 0 aliphatic carbocycles. The van der Waals surface area contributed by atoms with E-state index in [1.54, 1.807) is 12.1 Å². The Balaban J connectivity index is 2.05. The standard InChI is InChI=1S/C12H16ClNO/c13-11-1-2-12(15)10(8-11)7-9-3-5-14-6-4-9/h1-2,8-9,14-15H,3-7H2. The minimum atomic E-state index is 0.373. The maximum atomic E-state index is 9.69. The second-order valence-electron chi connectivity index (χ2n) is 4.17. The highest BCUT2D eigenvalue weighted by molar-refractivity contribution is 6.30. The van der Waals surface area contributed by atoms with Crippen molar-refractivity contribution in [1.82, 2.24) is 5.32 Å². The molecule has 0 aromatic heterocycles. The van der Waals surface area contributed by atoms with Crippen LogP contribution in [0, 0.1) is 5.92 Å². The van der Waals surface area contributed by atoms with Crippen molar-refractivity contribution in [2.75, 3.05) is 13.1 Å². The molecule has 15 heavy (non-hydrogen) atoms. The van der Waals surface area contributed by atoms with Gasteiger partial charge in [0.25, 0.3) is 0 Å². The zero-order valence-electron chi connectivity index (χ0n) is 8.67. The van der Waals surface area contributed by atoms with Crippen molar-refractivity contribution in [2.45, 2.75) is 19.3 Å². The third kappa shape index (κ3) is 2.86. The van der Waals surface area contributed by atoms with Gasteiger partial charge < -0.3 is 10.4 Å². The van der Waals surface area contributed by atoms with Gasteiger partial charge in [-0.15, -0.1) is 0 Å². The molecule has 82 valence electrons. The number of nitrogens with one attached hydrogen (secondary N) is 1. The van der Waals surface area contributed by atoms with E-state index in [4.69, 9.17) is 11.6 Å². The molecule has 1 aromatic rings. The molecule has 0 spiro atoms. The summed E-state index contributed by atoms with van der Waals surface area (Å²) in [5.74, 6) is 1.05. The molecular weight excluding hydrogens is 210 g/mol. The first-order valence-corrected chi connectivity index (χ1v) is 5.81. The summed E-state index contributed by atoms with van der Waals surface area (Å²) in [5.41, 5.74) is 0.981. The summed E-state index contributed by atoms with van der Waals surface area (Å²) in [6.45, 7) is 2.18. The van der Waals surface area contributed by atoms with Crippen LogP contribution in [0.1, 0.15) is 18.4 Å². The molecule has 1 fully saturated rings. The average molecular weight is 226 g/mol. The number of halogens is 1.